The SMILES string of the molecule is O=C(NCc1ccc2c(c1)OCO2)C1(C(=O)Nc2c(F)cccc2F)CC1. The molecule has 0 unspecified atom stereocenters. The zero-order valence-electron chi connectivity index (χ0n) is 14.2. The maximum atomic E-state index is 13.7. The molecule has 0 spiro atoms. The summed E-state index contributed by atoms with van der Waals surface area (Å²) in [6.07, 6.45) is 0.643. The summed E-state index contributed by atoms with van der Waals surface area (Å²) in [6, 6.07) is 8.55. The summed E-state index contributed by atoms with van der Waals surface area (Å²) in [4.78, 5) is 25.0. The second-order valence-electron chi connectivity index (χ2n) is 6.50. The van der Waals surface area contributed by atoms with Gasteiger partial charge in [-0.2, -0.15) is 0 Å². The van der Waals surface area contributed by atoms with E-state index in [-0.39, 0.29) is 13.3 Å². The number of rotatable bonds is 5. The Labute approximate surface area is 153 Å². The zero-order valence-corrected chi connectivity index (χ0v) is 14.2. The van der Waals surface area contributed by atoms with Crippen LogP contribution in [0, 0.1) is 17.0 Å². The first-order chi connectivity index (χ1) is 13.0. The predicted molar refractivity (Wildman–Crippen MR) is 91.1 cm³/mol. The van der Waals surface area contributed by atoms with Crippen molar-refractivity contribution in [3.05, 3.63) is 53.6 Å². The van der Waals surface area contributed by atoms with Crippen molar-refractivity contribution in [1.82, 2.24) is 5.32 Å². The van der Waals surface area contributed by atoms with Crippen LogP contribution >= 0.6 is 0 Å². The maximum Gasteiger partial charge on any atom is 0.240 e. The molecule has 2 amide bonds. The van der Waals surface area contributed by atoms with Crippen LogP contribution in [0.15, 0.2) is 36.4 Å². The van der Waals surface area contributed by atoms with E-state index >= 15 is 0 Å². The highest BCUT2D eigenvalue weighted by Crippen LogP contribution is 2.47. The first-order valence-corrected chi connectivity index (χ1v) is 8.42. The topological polar surface area (TPSA) is 76.7 Å². The number of nitrogens with one attached hydrogen (secondary N) is 2. The third-order valence-corrected chi connectivity index (χ3v) is 4.71. The largest absolute Gasteiger partial charge is 0.454 e. The number of hydrogen-bond acceptors (Lipinski definition) is 4. The van der Waals surface area contributed by atoms with Crippen LogP contribution in [-0.4, -0.2) is 18.6 Å². The maximum absolute atomic E-state index is 13.7. The van der Waals surface area contributed by atoms with Crippen LogP contribution in [0.3, 0.4) is 0 Å². The van der Waals surface area contributed by atoms with Crippen LogP contribution in [0.2, 0.25) is 0 Å². The fraction of sp³-hybridized carbons (Fsp3) is 0.263. The number of para-hydroxylation sites is 1. The normalized spacial score (nSPS) is 15.9. The van der Waals surface area contributed by atoms with Gasteiger partial charge in [0.2, 0.25) is 18.6 Å². The molecule has 0 radical (unpaired) electrons. The highest BCUT2D eigenvalue weighted by atomic mass is 19.1. The first-order valence-electron chi connectivity index (χ1n) is 8.42. The van der Waals surface area contributed by atoms with Gasteiger partial charge in [-0.15, -0.1) is 0 Å². The van der Waals surface area contributed by atoms with Crippen LogP contribution in [-0.2, 0) is 16.1 Å². The van der Waals surface area contributed by atoms with Crippen molar-refractivity contribution >= 4 is 17.5 Å². The molecule has 6 nitrogen and oxygen atoms in total. The fourth-order valence-corrected chi connectivity index (χ4v) is 2.94. The predicted octanol–water partition coefficient (Wildman–Crippen LogP) is 2.73. The van der Waals surface area contributed by atoms with E-state index in [1.807, 2.05) is 0 Å². The Kier molecular flexibility index (Phi) is 4.18. The van der Waals surface area contributed by atoms with Gasteiger partial charge in [-0.1, -0.05) is 12.1 Å². The Morgan fingerprint density at radius 2 is 1.70 bits per heavy atom. The number of carbonyl (C=O) groups is 2. The van der Waals surface area contributed by atoms with Crippen LogP contribution in [0.4, 0.5) is 14.5 Å². The summed E-state index contributed by atoms with van der Waals surface area (Å²) in [5.74, 6) is -1.74. The molecule has 4 rings (SSSR count). The number of halogens is 2. The van der Waals surface area contributed by atoms with E-state index in [9.17, 15) is 18.4 Å². The highest BCUT2D eigenvalue weighted by Gasteiger charge is 2.56. The van der Waals surface area contributed by atoms with Crippen molar-refractivity contribution < 1.29 is 27.8 Å². The fourth-order valence-electron chi connectivity index (χ4n) is 2.94. The van der Waals surface area contributed by atoms with Gasteiger partial charge in [-0.3, -0.25) is 9.59 Å². The van der Waals surface area contributed by atoms with Gasteiger partial charge in [0, 0.05) is 6.54 Å². The third kappa shape index (κ3) is 3.18. The van der Waals surface area contributed by atoms with E-state index in [0.717, 1.165) is 17.7 Å². The average molecular weight is 374 g/mol. The van der Waals surface area contributed by atoms with Gasteiger partial charge in [-0.05, 0) is 42.7 Å². The molecule has 2 aromatic carbocycles. The van der Waals surface area contributed by atoms with Gasteiger partial charge in [-0.25, -0.2) is 8.78 Å². The summed E-state index contributed by atoms with van der Waals surface area (Å²) >= 11 is 0. The first kappa shape index (κ1) is 17.3. The number of benzene rings is 2. The molecule has 1 fully saturated rings. The molecular weight excluding hydrogens is 358 g/mol. The van der Waals surface area contributed by atoms with Crippen LogP contribution < -0.4 is 20.1 Å². The number of anilines is 1. The Bertz CT molecular complexity index is 908. The summed E-state index contributed by atoms with van der Waals surface area (Å²) in [5.41, 5.74) is -1.06. The molecule has 2 aromatic rings. The van der Waals surface area contributed by atoms with Crippen LogP contribution in [0.25, 0.3) is 0 Å². The number of ether oxygens (including phenoxy) is 2. The smallest absolute Gasteiger partial charge is 0.240 e. The van der Waals surface area contributed by atoms with E-state index in [1.165, 1.54) is 6.07 Å². The van der Waals surface area contributed by atoms with E-state index < -0.39 is 34.6 Å². The monoisotopic (exact) mass is 374 g/mol. The summed E-state index contributed by atoms with van der Waals surface area (Å²) in [5, 5.41) is 4.91. The molecule has 1 aliphatic heterocycles. The molecule has 8 heteroatoms. The molecule has 0 aromatic heterocycles. The van der Waals surface area contributed by atoms with E-state index in [2.05, 4.69) is 10.6 Å². The van der Waals surface area contributed by atoms with Crippen LogP contribution in [0.5, 0.6) is 11.5 Å². The minimum Gasteiger partial charge on any atom is -0.454 e. The lowest BCUT2D eigenvalue weighted by molar-refractivity contribution is -0.134. The zero-order chi connectivity index (χ0) is 19.0. The minimum absolute atomic E-state index is 0.154. The quantitative estimate of drug-likeness (QED) is 0.789. The lowest BCUT2D eigenvalue weighted by Gasteiger charge is -2.16. The molecular formula is C19H16F2N2O4. The lowest BCUT2D eigenvalue weighted by atomic mass is 10.0. The van der Waals surface area contributed by atoms with Gasteiger partial charge in [0.25, 0.3) is 0 Å². The molecule has 140 valence electrons. The Hall–Kier alpha value is -3.16. The van der Waals surface area contributed by atoms with E-state index in [4.69, 9.17) is 9.47 Å². The molecule has 0 atom stereocenters. The standard InChI is InChI=1S/C19H16F2N2O4/c20-12-2-1-3-13(21)16(12)23-18(25)19(6-7-19)17(24)22-9-11-4-5-14-15(8-11)27-10-26-14/h1-5,8H,6-7,9-10H2,(H,22,24)(H,23,25). The summed E-state index contributed by atoms with van der Waals surface area (Å²) in [7, 11) is 0. The average Bonchev–Trinajstić information content (AvgIpc) is 3.34. The Morgan fingerprint density at radius 1 is 1.00 bits per heavy atom. The van der Waals surface area contributed by atoms with Crippen LogP contribution in [0.1, 0.15) is 18.4 Å². The van der Waals surface area contributed by atoms with Gasteiger partial charge in [0.15, 0.2) is 11.5 Å². The molecule has 1 heterocycles. The minimum atomic E-state index is -1.30. The number of fused-ring (bicyclic) bond motifs is 1. The van der Waals surface area contributed by atoms with Crippen molar-refractivity contribution in [1.29, 1.82) is 0 Å². The number of amides is 2. The molecule has 2 N–H and O–H groups in total. The molecule has 1 aliphatic carbocycles. The molecule has 0 saturated heterocycles. The van der Waals surface area contributed by atoms with Crippen molar-refractivity contribution in [2.75, 3.05) is 12.1 Å². The van der Waals surface area contributed by atoms with Gasteiger partial charge in [0.1, 0.15) is 22.7 Å². The van der Waals surface area contributed by atoms with Gasteiger partial charge in [0.05, 0.1) is 0 Å². The molecule has 27 heavy (non-hydrogen) atoms. The van der Waals surface area contributed by atoms with Crippen molar-refractivity contribution in [3.63, 3.8) is 0 Å². The summed E-state index contributed by atoms with van der Waals surface area (Å²) < 4.78 is 38.0. The van der Waals surface area contributed by atoms with Crippen molar-refractivity contribution in [2.24, 2.45) is 5.41 Å². The number of hydrogen-bond donors (Lipinski definition) is 2. The number of carbonyl (C=O) groups excluding carboxylic acids is 2. The molecule has 1 saturated carbocycles. The van der Waals surface area contributed by atoms with Crippen molar-refractivity contribution in [2.45, 2.75) is 19.4 Å². The highest BCUT2D eigenvalue weighted by molar-refractivity contribution is 6.13. The van der Waals surface area contributed by atoms with Gasteiger partial charge >= 0.3 is 0 Å². The van der Waals surface area contributed by atoms with Gasteiger partial charge < -0.3 is 20.1 Å². The second kappa shape index (κ2) is 6.53. The Morgan fingerprint density at radius 3 is 2.41 bits per heavy atom. The molecule has 0 bridgehead atoms. The van der Waals surface area contributed by atoms with Crippen molar-refractivity contribution in [3.8, 4) is 11.5 Å². The third-order valence-electron chi connectivity index (χ3n) is 4.71. The Balaban J connectivity index is 1.41. The van der Waals surface area contributed by atoms with E-state index in [0.29, 0.717) is 24.3 Å². The lowest BCUT2D eigenvalue weighted by Crippen LogP contribution is -2.39. The molecule has 2 aliphatic rings. The summed E-state index contributed by atoms with van der Waals surface area (Å²) in [6.45, 7) is 0.347. The second-order valence-corrected chi connectivity index (χ2v) is 6.50. The van der Waals surface area contributed by atoms with E-state index in [1.54, 1.807) is 18.2 Å².